The van der Waals surface area contributed by atoms with Crippen LogP contribution in [0.1, 0.15) is 11.1 Å². The maximum atomic E-state index is 12.5. The molecule has 0 radical (unpaired) electrons. The summed E-state index contributed by atoms with van der Waals surface area (Å²) in [6.07, 6.45) is 1.52. The highest BCUT2D eigenvalue weighted by molar-refractivity contribution is 6.30. The van der Waals surface area contributed by atoms with Gasteiger partial charge in [0.25, 0.3) is 5.91 Å². The largest absolute Gasteiger partial charge is 0.497 e. The second-order valence-electron chi connectivity index (χ2n) is 6.34. The first-order valence-corrected chi connectivity index (χ1v) is 9.49. The maximum absolute atomic E-state index is 12.5. The Morgan fingerprint density at radius 3 is 2.53 bits per heavy atom. The molecule has 0 unspecified atom stereocenters. The highest BCUT2D eigenvalue weighted by Gasteiger charge is 2.10. The minimum Gasteiger partial charge on any atom is -0.497 e. The minimum absolute atomic E-state index is 0.0159. The van der Waals surface area contributed by atoms with Crippen molar-refractivity contribution in [3.8, 4) is 17.6 Å². The standard InChI is InChI=1S/C24H19ClN2O3/c1-29-22-10-8-21(9-11-22)27-24(28)19(15-26)12-17-4-3-7-23(14-17)30-16-18-5-2-6-20(25)13-18/h2-14H,16H2,1H3,(H,27,28)/b19-12-. The van der Waals surface area contributed by atoms with Gasteiger partial charge in [0.2, 0.25) is 0 Å². The summed E-state index contributed by atoms with van der Waals surface area (Å²) in [5.74, 6) is 0.808. The Labute approximate surface area is 180 Å². The van der Waals surface area contributed by atoms with Crippen molar-refractivity contribution in [1.29, 1.82) is 5.26 Å². The predicted molar refractivity (Wildman–Crippen MR) is 117 cm³/mol. The lowest BCUT2D eigenvalue weighted by Gasteiger charge is -2.08. The van der Waals surface area contributed by atoms with Crippen molar-refractivity contribution in [2.24, 2.45) is 0 Å². The van der Waals surface area contributed by atoms with Crippen molar-refractivity contribution in [2.45, 2.75) is 6.61 Å². The zero-order valence-electron chi connectivity index (χ0n) is 16.3. The fourth-order valence-corrected chi connectivity index (χ4v) is 2.89. The third-order valence-electron chi connectivity index (χ3n) is 4.18. The molecule has 0 saturated carbocycles. The van der Waals surface area contributed by atoms with E-state index in [9.17, 15) is 10.1 Å². The summed E-state index contributed by atoms with van der Waals surface area (Å²) >= 11 is 5.99. The quantitative estimate of drug-likeness (QED) is 0.407. The van der Waals surface area contributed by atoms with Crippen LogP contribution in [0.15, 0.2) is 78.4 Å². The van der Waals surface area contributed by atoms with Gasteiger partial charge in [-0.15, -0.1) is 0 Å². The van der Waals surface area contributed by atoms with Crippen LogP contribution in [0.4, 0.5) is 5.69 Å². The van der Waals surface area contributed by atoms with Gasteiger partial charge in [-0.3, -0.25) is 4.79 Å². The number of hydrogen-bond acceptors (Lipinski definition) is 4. The van der Waals surface area contributed by atoms with E-state index in [1.54, 1.807) is 55.6 Å². The SMILES string of the molecule is COc1ccc(NC(=O)/C(C#N)=C\c2cccc(OCc3cccc(Cl)c3)c2)cc1. The molecule has 1 N–H and O–H groups in total. The number of nitrogens with zero attached hydrogens (tertiary/aromatic N) is 1. The molecular formula is C24H19ClN2O3. The molecule has 0 bridgehead atoms. The number of carbonyl (C=O) groups is 1. The van der Waals surface area contributed by atoms with Crippen molar-refractivity contribution in [3.05, 3.63) is 94.5 Å². The summed E-state index contributed by atoms with van der Waals surface area (Å²) in [6.45, 7) is 0.358. The number of rotatable bonds is 7. The van der Waals surface area contributed by atoms with Gasteiger partial charge in [-0.25, -0.2) is 0 Å². The Hall–Kier alpha value is -3.75. The first-order chi connectivity index (χ1) is 14.6. The molecule has 0 atom stereocenters. The highest BCUT2D eigenvalue weighted by atomic mass is 35.5. The molecule has 0 aromatic heterocycles. The van der Waals surface area contributed by atoms with E-state index in [0.717, 1.165) is 5.56 Å². The lowest BCUT2D eigenvalue weighted by molar-refractivity contribution is -0.112. The topological polar surface area (TPSA) is 71.3 Å². The second-order valence-corrected chi connectivity index (χ2v) is 6.78. The van der Waals surface area contributed by atoms with Crippen LogP contribution >= 0.6 is 11.6 Å². The number of nitriles is 1. The van der Waals surface area contributed by atoms with Crippen LogP contribution in [-0.4, -0.2) is 13.0 Å². The Kier molecular flexibility index (Phi) is 7.09. The van der Waals surface area contributed by atoms with Gasteiger partial charge < -0.3 is 14.8 Å². The lowest BCUT2D eigenvalue weighted by atomic mass is 10.1. The van der Waals surface area contributed by atoms with Crippen LogP contribution < -0.4 is 14.8 Å². The molecule has 1 amide bonds. The van der Waals surface area contributed by atoms with E-state index < -0.39 is 5.91 Å². The van der Waals surface area contributed by atoms with Crippen LogP contribution in [0.5, 0.6) is 11.5 Å². The molecule has 150 valence electrons. The third kappa shape index (κ3) is 5.87. The number of hydrogen-bond donors (Lipinski definition) is 1. The molecule has 5 nitrogen and oxygen atoms in total. The summed E-state index contributed by atoms with van der Waals surface area (Å²) in [6, 6.07) is 23.4. The van der Waals surface area contributed by atoms with Gasteiger partial charge in [0.05, 0.1) is 7.11 Å². The summed E-state index contributed by atoms with van der Waals surface area (Å²) in [5, 5.41) is 12.8. The molecule has 3 aromatic rings. The zero-order valence-corrected chi connectivity index (χ0v) is 17.0. The highest BCUT2D eigenvalue weighted by Crippen LogP contribution is 2.20. The van der Waals surface area contributed by atoms with Gasteiger partial charge in [-0.2, -0.15) is 5.26 Å². The third-order valence-corrected chi connectivity index (χ3v) is 4.41. The lowest BCUT2D eigenvalue weighted by Crippen LogP contribution is -2.13. The molecular weight excluding hydrogens is 400 g/mol. The number of carbonyl (C=O) groups excluding carboxylic acids is 1. The van der Waals surface area contributed by atoms with E-state index in [1.165, 1.54) is 6.08 Å². The van der Waals surface area contributed by atoms with E-state index >= 15 is 0 Å². The van der Waals surface area contributed by atoms with Gasteiger partial charge in [-0.1, -0.05) is 35.9 Å². The average Bonchev–Trinajstić information content (AvgIpc) is 2.77. The number of methoxy groups -OCH3 is 1. The number of benzene rings is 3. The van der Waals surface area contributed by atoms with Gasteiger partial charge in [0, 0.05) is 10.7 Å². The van der Waals surface area contributed by atoms with E-state index in [2.05, 4.69) is 5.32 Å². The molecule has 6 heteroatoms. The fraction of sp³-hybridized carbons (Fsp3) is 0.0833. The van der Waals surface area contributed by atoms with Crippen LogP contribution in [0.25, 0.3) is 6.08 Å². The number of anilines is 1. The molecule has 0 aliphatic heterocycles. The van der Waals surface area contributed by atoms with Crippen LogP contribution in [0.3, 0.4) is 0 Å². The molecule has 0 fully saturated rings. The molecule has 3 aromatic carbocycles. The van der Waals surface area contributed by atoms with Crippen molar-refractivity contribution in [1.82, 2.24) is 0 Å². The second kappa shape index (κ2) is 10.1. The molecule has 0 heterocycles. The summed E-state index contributed by atoms with van der Waals surface area (Å²) in [7, 11) is 1.57. The Balaban J connectivity index is 1.69. The van der Waals surface area contributed by atoms with Crippen LogP contribution in [-0.2, 0) is 11.4 Å². The molecule has 0 spiro atoms. The number of halogens is 1. The Morgan fingerprint density at radius 2 is 1.83 bits per heavy atom. The van der Waals surface area contributed by atoms with E-state index in [4.69, 9.17) is 21.1 Å². The van der Waals surface area contributed by atoms with Gasteiger partial charge in [0.15, 0.2) is 0 Å². The van der Waals surface area contributed by atoms with Crippen molar-refractivity contribution in [2.75, 3.05) is 12.4 Å². The van der Waals surface area contributed by atoms with E-state index in [-0.39, 0.29) is 5.57 Å². The molecule has 0 saturated heterocycles. The van der Waals surface area contributed by atoms with E-state index in [0.29, 0.717) is 34.4 Å². The van der Waals surface area contributed by atoms with Crippen LogP contribution in [0, 0.1) is 11.3 Å². The molecule has 3 rings (SSSR count). The predicted octanol–water partition coefficient (Wildman–Crippen LogP) is 5.47. The summed E-state index contributed by atoms with van der Waals surface area (Å²) in [4.78, 5) is 12.5. The Morgan fingerprint density at radius 1 is 1.07 bits per heavy atom. The smallest absolute Gasteiger partial charge is 0.266 e. The maximum Gasteiger partial charge on any atom is 0.266 e. The zero-order chi connectivity index (χ0) is 21.3. The fourth-order valence-electron chi connectivity index (χ4n) is 2.68. The van der Waals surface area contributed by atoms with Crippen molar-refractivity contribution in [3.63, 3.8) is 0 Å². The van der Waals surface area contributed by atoms with Crippen LogP contribution in [0.2, 0.25) is 5.02 Å². The normalized spacial score (nSPS) is 10.8. The van der Waals surface area contributed by atoms with E-state index in [1.807, 2.05) is 30.3 Å². The Bertz CT molecular complexity index is 1100. The number of ether oxygens (including phenoxy) is 2. The average molecular weight is 419 g/mol. The van der Waals surface area contributed by atoms with Gasteiger partial charge in [-0.05, 0) is 65.7 Å². The van der Waals surface area contributed by atoms with Crippen molar-refractivity contribution < 1.29 is 14.3 Å². The van der Waals surface area contributed by atoms with Gasteiger partial charge in [0.1, 0.15) is 29.7 Å². The number of nitrogens with one attached hydrogen (secondary N) is 1. The molecule has 0 aliphatic rings. The van der Waals surface area contributed by atoms with Gasteiger partial charge >= 0.3 is 0 Å². The monoisotopic (exact) mass is 418 g/mol. The molecule has 30 heavy (non-hydrogen) atoms. The van der Waals surface area contributed by atoms with Crippen molar-refractivity contribution >= 4 is 29.3 Å². The first-order valence-electron chi connectivity index (χ1n) is 9.12. The summed E-state index contributed by atoms with van der Waals surface area (Å²) in [5.41, 5.74) is 2.18. The minimum atomic E-state index is -0.493. The summed E-state index contributed by atoms with van der Waals surface area (Å²) < 4.78 is 10.9. The molecule has 0 aliphatic carbocycles. The number of amides is 1. The first kappa shape index (κ1) is 21.0.